The van der Waals surface area contributed by atoms with E-state index in [1.54, 1.807) is 18.2 Å². The molecule has 3 heterocycles. The van der Waals surface area contributed by atoms with Gasteiger partial charge in [0, 0.05) is 36.4 Å². The molecule has 1 N–H and O–H groups in total. The van der Waals surface area contributed by atoms with Crippen LogP contribution < -0.4 is 5.32 Å². The molecular weight excluding hydrogens is 398 g/mol. The molecule has 152 valence electrons. The number of anilines is 1. The summed E-state index contributed by atoms with van der Waals surface area (Å²) in [4.78, 5) is 33.3. The molecule has 1 aromatic heterocycles. The van der Waals surface area contributed by atoms with E-state index in [1.165, 1.54) is 16.2 Å². The first-order valence-electron chi connectivity index (χ1n) is 9.94. The molecule has 1 amide bonds. The fraction of sp³-hybridized carbons (Fsp3) is 0.261. The predicted molar refractivity (Wildman–Crippen MR) is 115 cm³/mol. The lowest BCUT2D eigenvalue weighted by atomic mass is 9.93. The summed E-state index contributed by atoms with van der Waals surface area (Å²) in [6, 6.07) is 14.8. The van der Waals surface area contributed by atoms with E-state index < -0.39 is 0 Å². The number of cyclic esters (lactones) is 1. The Morgan fingerprint density at radius 1 is 1.23 bits per heavy atom. The highest BCUT2D eigenvalue weighted by molar-refractivity contribution is 7.15. The van der Waals surface area contributed by atoms with Crippen molar-refractivity contribution in [3.8, 4) is 0 Å². The summed E-state index contributed by atoms with van der Waals surface area (Å²) in [6.45, 7) is 1.85. The van der Waals surface area contributed by atoms with Gasteiger partial charge in [0.25, 0.3) is 5.91 Å². The Morgan fingerprint density at radius 2 is 2.07 bits per heavy atom. The van der Waals surface area contributed by atoms with Crippen molar-refractivity contribution in [2.24, 2.45) is 0 Å². The lowest BCUT2D eigenvalue weighted by Gasteiger charge is -2.25. The number of rotatable bonds is 3. The van der Waals surface area contributed by atoms with Crippen molar-refractivity contribution in [2.45, 2.75) is 25.5 Å². The Bertz CT molecular complexity index is 1130. The van der Waals surface area contributed by atoms with E-state index in [0.717, 1.165) is 36.3 Å². The van der Waals surface area contributed by atoms with Crippen LogP contribution in [0.25, 0.3) is 0 Å². The minimum atomic E-state index is -0.353. The Balaban J connectivity index is 1.36. The second-order valence-corrected chi connectivity index (χ2v) is 8.80. The number of ether oxygens (including phenoxy) is 1. The Hall–Kier alpha value is -3.03. The smallest absolute Gasteiger partial charge is 0.339 e. The van der Waals surface area contributed by atoms with E-state index in [1.807, 2.05) is 30.3 Å². The molecule has 0 fully saturated rings. The Labute approximate surface area is 178 Å². The van der Waals surface area contributed by atoms with E-state index >= 15 is 0 Å². The molecule has 2 aliphatic heterocycles. The number of nitrogens with one attached hydrogen (secondary N) is 1. The van der Waals surface area contributed by atoms with Crippen molar-refractivity contribution in [3.63, 3.8) is 0 Å². The second kappa shape index (κ2) is 7.66. The van der Waals surface area contributed by atoms with Crippen molar-refractivity contribution >= 4 is 28.3 Å². The van der Waals surface area contributed by atoms with Crippen molar-refractivity contribution < 1.29 is 14.3 Å². The molecule has 6 nitrogen and oxygen atoms in total. The fourth-order valence-electron chi connectivity index (χ4n) is 3.94. The molecule has 1 atom stereocenters. The largest absolute Gasteiger partial charge is 0.454 e. The molecule has 2 aliphatic rings. The molecule has 0 radical (unpaired) electrons. The molecule has 5 rings (SSSR count). The molecule has 0 aliphatic carbocycles. The number of carbonyl (C=O) groups is 2. The van der Waals surface area contributed by atoms with Gasteiger partial charge in [0.1, 0.15) is 6.10 Å². The molecule has 0 unspecified atom stereocenters. The maximum atomic E-state index is 12.8. The molecule has 0 saturated heterocycles. The van der Waals surface area contributed by atoms with E-state index in [-0.39, 0.29) is 18.0 Å². The maximum absolute atomic E-state index is 12.8. The van der Waals surface area contributed by atoms with Crippen LogP contribution in [0.1, 0.15) is 48.5 Å². The monoisotopic (exact) mass is 419 g/mol. The van der Waals surface area contributed by atoms with Gasteiger partial charge in [-0.15, -0.1) is 11.3 Å². The third-order valence-electron chi connectivity index (χ3n) is 5.56. The molecule has 0 saturated carbocycles. The van der Waals surface area contributed by atoms with Gasteiger partial charge in [0.2, 0.25) is 0 Å². The van der Waals surface area contributed by atoms with Gasteiger partial charge in [-0.2, -0.15) is 0 Å². The number of likely N-dealkylation sites (N-methyl/N-ethyl adjacent to an activating group) is 1. The van der Waals surface area contributed by atoms with E-state index in [0.29, 0.717) is 22.7 Å². The highest BCUT2D eigenvalue weighted by Crippen LogP contribution is 2.32. The lowest BCUT2D eigenvalue weighted by molar-refractivity contribution is 0.0252. The Kier molecular flexibility index (Phi) is 4.84. The number of amides is 1. The van der Waals surface area contributed by atoms with Crippen molar-refractivity contribution in [3.05, 3.63) is 81.4 Å². The predicted octanol–water partition coefficient (Wildman–Crippen LogP) is 3.84. The molecule has 7 heteroatoms. The quantitative estimate of drug-likeness (QED) is 0.653. The zero-order valence-corrected chi connectivity index (χ0v) is 17.4. The van der Waals surface area contributed by atoms with Crippen LogP contribution in [0.15, 0.2) is 48.5 Å². The first-order valence-corrected chi connectivity index (χ1v) is 10.8. The number of aromatic nitrogens is 1. The molecule has 2 aromatic carbocycles. The average molecular weight is 420 g/mol. The minimum absolute atomic E-state index is 0.215. The number of nitrogens with zero attached hydrogens (tertiary/aromatic N) is 2. The van der Waals surface area contributed by atoms with Crippen molar-refractivity contribution in [2.75, 3.05) is 18.9 Å². The number of hydrogen-bond acceptors (Lipinski definition) is 6. The topological polar surface area (TPSA) is 71.5 Å². The van der Waals surface area contributed by atoms with Gasteiger partial charge in [0.05, 0.1) is 11.3 Å². The standard InChI is InChI=1S/C23H21N3O3S/c1-26-10-9-18-20(13-26)30-23(24-18)25-21(27)15-7-8-17-16(11-15)12-19(29-22(17)28)14-5-3-2-4-6-14/h2-8,11,19H,9-10,12-13H2,1H3,(H,24,25,27)/t19-/m1/s1. The first kappa shape index (κ1) is 19.0. The summed E-state index contributed by atoms with van der Waals surface area (Å²) >= 11 is 1.53. The van der Waals surface area contributed by atoms with Crippen LogP contribution in [-0.4, -0.2) is 35.4 Å². The minimum Gasteiger partial charge on any atom is -0.454 e. The maximum Gasteiger partial charge on any atom is 0.339 e. The zero-order chi connectivity index (χ0) is 20.7. The van der Waals surface area contributed by atoms with Gasteiger partial charge in [-0.05, 0) is 36.4 Å². The molecule has 3 aromatic rings. The summed E-state index contributed by atoms with van der Waals surface area (Å²) in [5.41, 5.74) is 3.89. The van der Waals surface area contributed by atoms with E-state index in [4.69, 9.17) is 4.74 Å². The van der Waals surface area contributed by atoms with Crippen molar-refractivity contribution in [1.29, 1.82) is 0 Å². The zero-order valence-electron chi connectivity index (χ0n) is 16.6. The average Bonchev–Trinajstić information content (AvgIpc) is 3.15. The summed E-state index contributed by atoms with van der Waals surface area (Å²) in [5.74, 6) is -0.568. The van der Waals surface area contributed by atoms with Crippen LogP contribution in [0.4, 0.5) is 5.13 Å². The highest BCUT2D eigenvalue weighted by Gasteiger charge is 2.28. The third-order valence-corrected chi connectivity index (χ3v) is 6.55. The molecule has 30 heavy (non-hydrogen) atoms. The number of carbonyl (C=O) groups excluding carboxylic acids is 2. The normalized spacial score (nSPS) is 18.3. The summed E-state index contributed by atoms with van der Waals surface area (Å²) < 4.78 is 5.60. The number of esters is 1. The number of fused-ring (bicyclic) bond motifs is 2. The fourth-order valence-corrected chi connectivity index (χ4v) is 5.02. The number of thiazole rings is 1. The molecule has 0 bridgehead atoms. The van der Waals surface area contributed by atoms with Crippen LogP contribution in [0, 0.1) is 0 Å². The summed E-state index contributed by atoms with van der Waals surface area (Å²) in [5, 5.41) is 3.55. The highest BCUT2D eigenvalue weighted by atomic mass is 32.1. The van der Waals surface area contributed by atoms with Gasteiger partial charge in [-0.25, -0.2) is 9.78 Å². The van der Waals surface area contributed by atoms with Gasteiger partial charge in [-0.3, -0.25) is 10.1 Å². The van der Waals surface area contributed by atoms with Crippen LogP contribution in [0.3, 0.4) is 0 Å². The van der Waals surface area contributed by atoms with Crippen LogP contribution in [-0.2, 0) is 24.1 Å². The number of benzene rings is 2. The van der Waals surface area contributed by atoms with Crippen LogP contribution in [0.2, 0.25) is 0 Å². The van der Waals surface area contributed by atoms with Gasteiger partial charge < -0.3 is 9.64 Å². The SMILES string of the molecule is CN1CCc2nc(NC(=O)c3ccc4c(c3)C[C@H](c3ccccc3)OC4=O)sc2C1. The van der Waals surface area contributed by atoms with Crippen LogP contribution in [0.5, 0.6) is 0 Å². The third kappa shape index (κ3) is 3.62. The lowest BCUT2D eigenvalue weighted by Crippen LogP contribution is -2.25. The summed E-state index contributed by atoms with van der Waals surface area (Å²) in [6.07, 6.45) is 1.11. The van der Waals surface area contributed by atoms with Gasteiger partial charge in [-0.1, -0.05) is 30.3 Å². The summed E-state index contributed by atoms with van der Waals surface area (Å²) in [7, 11) is 2.09. The second-order valence-electron chi connectivity index (χ2n) is 7.71. The van der Waals surface area contributed by atoms with E-state index in [2.05, 4.69) is 22.2 Å². The molecular formula is C23H21N3O3S. The van der Waals surface area contributed by atoms with Crippen molar-refractivity contribution in [1.82, 2.24) is 9.88 Å². The Morgan fingerprint density at radius 3 is 2.90 bits per heavy atom. The van der Waals surface area contributed by atoms with E-state index in [9.17, 15) is 9.59 Å². The van der Waals surface area contributed by atoms with Crippen LogP contribution >= 0.6 is 11.3 Å². The molecule has 0 spiro atoms. The van der Waals surface area contributed by atoms with Gasteiger partial charge >= 0.3 is 5.97 Å². The number of hydrogen-bond donors (Lipinski definition) is 1. The van der Waals surface area contributed by atoms with Gasteiger partial charge in [0.15, 0.2) is 5.13 Å². The first-order chi connectivity index (χ1) is 14.6.